The van der Waals surface area contributed by atoms with Crippen LogP contribution in [0.1, 0.15) is 38.2 Å². The van der Waals surface area contributed by atoms with E-state index in [1.54, 1.807) is 24.3 Å². The summed E-state index contributed by atoms with van der Waals surface area (Å²) < 4.78 is 26.8. The van der Waals surface area contributed by atoms with Gasteiger partial charge in [-0.15, -0.1) is 0 Å². The number of rotatable bonds is 6. The quantitative estimate of drug-likeness (QED) is 0.786. The molecule has 1 aromatic carbocycles. The lowest BCUT2D eigenvalue weighted by atomic mass is 9.67. The molecule has 106 valence electrons. The first-order valence-corrected chi connectivity index (χ1v) is 8.42. The van der Waals surface area contributed by atoms with Crippen LogP contribution in [-0.4, -0.2) is 15.0 Å². The molecule has 2 rings (SSSR count). The molecule has 3 N–H and O–H groups in total. The Labute approximate surface area is 115 Å². The Kier molecular flexibility index (Phi) is 4.16. The van der Waals surface area contributed by atoms with Gasteiger partial charge in [-0.3, -0.25) is 0 Å². The summed E-state index contributed by atoms with van der Waals surface area (Å²) in [5.41, 5.74) is 7.20. The molecule has 0 bridgehead atoms. The summed E-state index contributed by atoms with van der Waals surface area (Å²) in [4.78, 5) is 0. The van der Waals surface area contributed by atoms with E-state index in [1.165, 1.54) is 6.42 Å². The monoisotopic (exact) mass is 282 g/mol. The second kappa shape index (κ2) is 5.51. The van der Waals surface area contributed by atoms with Crippen LogP contribution in [-0.2, 0) is 15.8 Å². The lowest BCUT2D eigenvalue weighted by molar-refractivity contribution is 0.133. The molecular formula is C14H22N2O2S. The van der Waals surface area contributed by atoms with Crippen LogP contribution in [0.25, 0.3) is 0 Å². The normalized spacial score (nSPS) is 17.9. The van der Waals surface area contributed by atoms with Gasteiger partial charge < -0.3 is 5.73 Å². The van der Waals surface area contributed by atoms with Crippen molar-refractivity contribution in [3.63, 3.8) is 0 Å². The van der Waals surface area contributed by atoms with E-state index in [0.29, 0.717) is 12.2 Å². The van der Waals surface area contributed by atoms with Crippen LogP contribution in [0.4, 0.5) is 5.69 Å². The van der Waals surface area contributed by atoms with Crippen LogP contribution < -0.4 is 10.5 Å². The topological polar surface area (TPSA) is 72.2 Å². The molecule has 0 saturated heterocycles. The Morgan fingerprint density at radius 1 is 1.26 bits per heavy atom. The zero-order valence-electron chi connectivity index (χ0n) is 11.4. The first kappa shape index (κ1) is 14.3. The Morgan fingerprint density at radius 2 is 1.89 bits per heavy atom. The summed E-state index contributed by atoms with van der Waals surface area (Å²) in [7, 11) is -3.26. The maximum Gasteiger partial charge on any atom is 0.215 e. The number of hydrogen-bond acceptors (Lipinski definition) is 3. The summed E-state index contributed by atoms with van der Waals surface area (Å²) in [5.74, 6) is 0.0209. The zero-order chi connectivity index (χ0) is 13.9. The predicted octanol–water partition coefficient (Wildman–Crippen LogP) is 2.27. The van der Waals surface area contributed by atoms with Crippen LogP contribution in [0, 0.1) is 5.41 Å². The van der Waals surface area contributed by atoms with Crippen LogP contribution in [0.2, 0.25) is 0 Å². The maximum absolute atomic E-state index is 12.0. The van der Waals surface area contributed by atoms with Gasteiger partial charge in [0.15, 0.2) is 0 Å². The van der Waals surface area contributed by atoms with Gasteiger partial charge in [-0.1, -0.05) is 25.5 Å². The van der Waals surface area contributed by atoms with E-state index in [4.69, 9.17) is 5.73 Å². The van der Waals surface area contributed by atoms with Crippen molar-refractivity contribution in [1.82, 2.24) is 4.72 Å². The van der Waals surface area contributed by atoms with E-state index in [1.807, 2.05) is 0 Å². The van der Waals surface area contributed by atoms with Crippen LogP contribution in [0.5, 0.6) is 0 Å². The first-order chi connectivity index (χ1) is 8.95. The fraction of sp³-hybridized carbons (Fsp3) is 0.571. The number of hydrogen-bond donors (Lipinski definition) is 2. The highest BCUT2D eigenvalue weighted by molar-refractivity contribution is 7.88. The van der Waals surface area contributed by atoms with Gasteiger partial charge in [0.25, 0.3) is 0 Å². The van der Waals surface area contributed by atoms with Crippen LogP contribution in [0.15, 0.2) is 24.3 Å². The molecule has 1 saturated carbocycles. The highest BCUT2D eigenvalue weighted by atomic mass is 32.2. The Balaban J connectivity index is 1.93. The second-order valence-corrected chi connectivity index (χ2v) is 7.34. The number of anilines is 1. The van der Waals surface area contributed by atoms with E-state index in [0.717, 1.165) is 24.8 Å². The van der Waals surface area contributed by atoms with Gasteiger partial charge >= 0.3 is 0 Å². The zero-order valence-corrected chi connectivity index (χ0v) is 12.2. The fourth-order valence-electron chi connectivity index (χ4n) is 2.48. The van der Waals surface area contributed by atoms with Crippen molar-refractivity contribution in [1.29, 1.82) is 0 Å². The molecule has 19 heavy (non-hydrogen) atoms. The van der Waals surface area contributed by atoms with E-state index in [9.17, 15) is 8.42 Å². The third-order valence-electron chi connectivity index (χ3n) is 4.17. The van der Waals surface area contributed by atoms with Gasteiger partial charge in [-0.2, -0.15) is 0 Å². The van der Waals surface area contributed by atoms with Crippen molar-refractivity contribution in [3.8, 4) is 0 Å². The molecule has 1 aliphatic carbocycles. The average Bonchev–Trinajstić information content (AvgIpc) is 2.31. The van der Waals surface area contributed by atoms with Gasteiger partial charge in [0.2, 0.25) is 10.0 Å². The molecule has 1 aromatic rings. The molecule has 4 nitrogen and oxygen atoms in total. The third kappa shape index (κ3) is 3.70. The summed E-state index contributed by atoms with van der Waals surface area (Å²) in [6, 6.07) is 6.97. The molecule has 0 aliphatic heterocycles. The Bertz CT molecular complexity index is 513. The minimum Gasteiger partial charge on any atom is -0.399 e. The van der Waals surface area contributed by atoms with Crippen LogP contribution >= 0.6 is 0 Å². The number of benzene rings is 1. The summed E-state index contributed by atoms with van der Waals surface area (Å²) in [6.07, 6.45) is 4.52. The second-order valence-electron chi connectivity index (χ2n) is 5.53. The minimum absolute atomic E-state index is 0.0209. The van der Waals surface area contributed by atoms with E-state index >= 15 is 0 Å². The van der Waals surface area contributed by atoms with Crippen molar-refractivity contribution in [2.75, 3.05) is 12.3 Å². The van der Waals surface area contributed by atoms with Crippen molar-refractivity contribution >= 4 is 15.7 Å². The number of nitrogens with one attached hydrogen (secondary N) is 1. The van der Waals surface area contributed by atoms with Gasteiger partial charge in [0.1, 0.15) is 0 Å². The molecule has 0 atom stereocenters. The van der Waals surface area contributed by atoms with Crippen molar-refractivity contribution < 1.29 is 8.42 Å². The summed E-state index contributed by atoms with van der Waals surface area (Å²) in [5, 5.41) is 0. The Hall–Kier alpha value is -1.07. The maximum atomic E-state index is 12.0. The molecule has 0 spiro atoms. The molecule has 0 radical (unpaired) electrons. The smallest absolute Gasteiger partial charge is 0.215 e. The van der Waals surface area contributed by atoms with E-state index < -0.39 is 10.0 Å². The van der Waals surface area contributed by atoms with Crippen LogP contribution in [0.3, 0.4) is 0 Å². The fourth-order valence-corrected chi connectivity index (χ4v) is 3.74. The lowest BCUT2D eigenvalue weighted by Crippen LogP contribution is -2.42. The molecule has 1 aliphatic rings. The largest absolute Gasteiger partial charge is 0.399 e. The summed E-state index contributed by atoms with van der Waals surface area (Å²) >= 11 is 0. The van der Waals surface area contributed by atoms with Gasteiger partial charge in [-0.25, -0.2) is 13.1 Å². The van der Waals surface area contributed by atoms with Gasteiger partial charge in [0, 0.05) is 12.2 Å². The van der Waals surface area contributed by atoms with E-state index in [2.05, 4.69) is 11.6 Å². The summed E-state index contributed by atoms with van der Waals surface area (Å²) in [6.45, 7) is 2.70. The predicted molar refractivity (Wildman–Crippen MR) is 78.1 cm³/mol. The standard InChI is InChI=1S/C14H22N2O2S/c1-2-14(8-3-9-14)11-16-19(17,18)10-12-4-6-13(15)7-5-12/h4-7,16H,2-3,8-11,15H2,1H3. The van der Waals surface area contributed by atoms with Gasteiger partial charge in [0.05, 0.1) is 5.75 Å². The van der Waals surface area contributed by atoms with Crippen molar-refractivity contribution in [3.05, 3.63) is 29.8 Å². The van der Waals surface area contributed by atoms with Crippen molar-refractivity contribution in [2.45, 2.75) is 38.4 Å². The molecule has 5 heteroatoms. The average molecular weight is 282 g/mol. The highest BCUT2D eigenvalue weighted by Crippen LogP contribution is 2.43. The number of nitrogen functional groups attached to an aromatic ring is 1. The Morgan fingerprint density at radius 3 is 2.37 bits per heavy atom. The third-order valence-corrected chi connectivity index (χ3v) is 5.47. The number of sulfonamides is 1. The molecule has 1 fully saturated rings. The van der Waals surface area contributed by atoms with Crippen molar-refractivity contribution in [2.24, 2.45) is 5.41 Å². The lowest BCUT2D eigenvalue weighted by Gasteiger charge is -2.41. The molecule has 0 aromatic heterocycles. The number of nitrogens with two attached hydrogens (primary N) is 1. The molecule has 0 heterocycles. The molecule has 0 amide bonds. The first-order valence-electron chi connectivity index (χ1n) is 6.76. The van der Waals surface area contributed by atoms with Gasteiger partial charge in [-0.05, 0) is 42.4 Å². The highest BCUT2D eigenvalue weighted by Gasteiger charge is 2.35. The minimum atomic E-state index is -3.26. The SMILES string of the molecule is CCC1(CNS(=O)(=O)Cc2ccc(N)cc2)CCC1. The molecular weight excluding hydrogens is 260 g/mol. The molecule has 0 unspecified atom stereocenters. The van der Waals surface area contributed by atoms with E-state index in [-0.39, 0.29) is 11.2 Å².